The number of H-pyrrole nitrogens is 1. The zero-order chi connectivity index (χ0) is 14.9. The molecule has 0 fully saturated rings. The highest BCUT2D eigenvalue weighted by Crippen LogP contribution is 2.30. The summed E-state index contributed by atoms with van der Waals surface area (Å²) < 4.78 is 0.598. The number of rotatable bonds is 2. The second-order valence-electron chi connectivity index (χ2n) is 4.67. The smallest absolute Gasteiger partial charge is 0.269 e. The molecule has 0 aliphatic rings. The van der Waals surface area contributed by atoms with E-state index >= 15 is 0 Å². The van der Waals surface area contributed by atoms with Crippen molar-refractivity contribution in [3.8, 4) is 22.8 Å². The van der Waals surface area contributed by atoms with Gasteiger partial charge in [0.05, 0.1) is 11.2 Å². The number of nitrogens with one attached hydrogen (secondary N) is 1. The Balaban J connectivity index is 0.00000156. The van der Waals surface area contributed by atoms with E-state index in [-0.39, 0.29) is 13.0 Å². The standard InChI is InChI=1S/C16H10N4OS.CH4/c21-16-14-13(10(9-22-14)11-5-1-3-7-17-11)19-15(20-16)12-6-2-4-8-18-12;/h1-9H,(H,19,20,21);1H4. The van der Waals surface area contributed by atoms with Gasteiger partial charge in [0.25, 0.3) is 5.56 Å². The number of pyridine rings is 2. The van der Waals surface area contributed by atoms with E-state index in [1.165, 1.54) is 11.3 Å². The molecule has 6 heteroatoms. The minimum Gasteiger partial charge on any atom is -0.304 e. The van der Waals surface area contributed by atoms with Crippen LogP contribution >= 0.6 is 11.3 Å². The van der Waals surface area contributed by atoms with Gasteiger partial charge in [-0.3, -0.25) is 14.8 Å². The monoisotopic (exact) mass is 322 g/mol. The van der Waals surface area contributed by atoms with Gasteiger partial charge in [-0.2, -0.15) is 0 Å². The van der Waals surface area contributed by atoms with Crippen molar-refractivity contribution in [3.05, 3.63) is 64.5 Å². The number of hydrogen-bond donors (Lipinski definition) is 1. The van der Waals surface area contributed by atoms with E-state index in [4.69, 9.17) is 0 Å². The summed E-state index contributed by atoms with van der Waals surface area (Å²) >= 11 is 1.37. The summed E-state index contributed by atoms with van der Waals surface area (Å²) in [5.41, 5.74) is 2.81. The number of fused-ring (bicyclic) bond motifs is 1. The van der Waals surface area contributed by atoms with Gasteiger partial charge in [0.15, 0.2) is 5.82 Å². The highest BCUT2D eigenvalue weighted by molar-refractivity contribution is 7.17. The van der Waals surface area contributed by atoms with Crippen LogP contribution in [0.2, 0.25) is 0 Å². The molecule has 0 aliphatic carbocycles. The lowest BCUT2D eigenvalue weighted by Crippen LogP contribution is -2.08. The van der Waals surface area contributed by atoms with E-state index in [9.17, 15) is 4.79 Å². The van der Waals surface area contributed by atoms with Crippen LogP contribution in [0.4, 0.5) is 0 Å². The van der Waals surface area contributed by atoms with E-state index < -0.39 is 0 Å². The van der Waals surface area contributed by atoms with Crippen molar-refractivity contribution in [1.29, 1.82) is 0 Å². The molecule has 0 atom stereocenters. The zero-order valence-electron chi connectivity index (χ0n) is 11.4. The maximum Gasteiger partial charge on any atom is 0.269 e. The third kappa shape index (κ3) is 2.64. The second kappa shape index (κ2) is 6.10. The molecule has 4 aromatic rings. The largest absolute Gasteiger partial charge is 0.304 e. The lowest BCUT2D eigenvalue weighted by atomic mass is 10.2. The first-order valence-electron chi connectivity index (χ1n) is 6.67. The molecule has 0 aliphatic heterocycles. The fourth-order valence-corrected chi connectivity index (χ4v) is 3.15. The Morgan fingerprint density at radius 2 is 1.65 bits per heavy atom. The van der Waals surface area contributed by atoms with Crippen LogP contribution in [-0.4, -0.2) is 19.9 Å². The summed E-state index contributed by atoms with van der Waals surface area (Å²) in [5, 5.41) is 1.91. The van der Waals surface area contributed by atoms with E-state index in [1.807, 2.05) is 41.8 Å². The zero-order valence-corrected chi connectivity index (χ0v) is 12.2. The Labute approximate surface area is 136 Å². The molecule has 0 aromatic carbocycles. The highest BCUT2D eigenvalue weighted by Gasteiger charge is 2.14. The summed E-state index contributed by atoms with van der Waals surface area (Å²) in [6.07, 6.45) is 3.40. The highest BCUT2D eigenvalue weighted by atomic mass is 32.1. The van der Waals surface area contributed by atoms with Crippen molar-refractivity contribution >= 4 is 21.6 Å². The van der Waals surface area contributed by atoms with E-state index in [0.29, 0.717) is 21.7 Å². The Hall–Kier alpha value is -2.86. The first kappa shape index (κ1) is 15.1. The first-order valence-corrected chi connectivity index (χ1v) is 7.55. The Kier molecular flexibility index (Phi) is 3.99. The maximum atomic E-state index is 12.3. The average Bonchev–Trinajstić information content (AvgIpc) is 3.01. The van der Waals surface area contributed by atoms with E-state index in [0.717, 1.165) is 11.3 Å². The number of nitrogens with zero attached hydrogens (tertiary/aromatic N) is 3. The molecule has 1 N–H and O–H groups in total. The molecule has 0 spiro atoms. The normalized spacial score (nSPS) is 10.4. The van der Waals surface area contributed by atoms with Gasteiger partial charge < -0.3 is 4.98 Å². The van der Waals surface area contributed by atoms with Crippen LogP contribution < -0.4 is 5.56 Å². The molecule has 114 valence electrons. The Morgan fingerprint density at radius 1 is 0.957 bits per heavy atom. The number of aromatic amines is 1. The van der Waals surface area contributed by atoms with Crippen LogP contribution in [0, 0.1) is 0 Å². The van der Waals surface area contributed by atoms with Crippen molar-refractivity contribution < 1.29 is 0 Å². The SMILES string of the molecule is C.O=c1[nH]c(-c2ccccn2)nc2c(-c3ccccn3)csc12. The van der Waals surface area contributed by atoms with Crippen molar-refractivity contribution in [1.82, 2.24) is 19.9 Å². The van der Waals surface area contributed by atoms with Crippen LogP contribution in [0.1, 0.15) is 7.43 Å². The quantitative estimate of drug-likeness (QED) is 0.610. The van der Waals surface area contributed by atoms with Gasteiger partial charge in [-0.1, -0.05) is 19.6 Å². The molecule has 23 heavy (non-hydrogen) atoms. The fraction of sp³-hybridized carbons (Fsp3) is 0.0588. The topological polar surface area (TPSA) is 71.5 Å². The van der Waals surface area contributed by atoms with Gasteiger partial charge in [0.2, 0.25) is 0 Å². The minimum atomic E-state index is -0.155. The molecule has 4 heterocycles. The maximum absolute atomic E-state index is 12.3. The van der Waals surface area contributed by atoms with Crippen LogP contribution in [0.5, 0.6) is 0 Å². The van der Waals surface area contributed by atoms with Gasteiger partial charge in [-0.05, 0) is 24.3 Å². The lowest BCUT2D eigenvalue weighted by molar-refractivity contribution is 1.15. The molecule has 0 saturated carbocycles. The van der Waals surface area contributed by atoms with Gasteiger partial charge in [-0.15, -0.1) is 11.3 Å². The summed E-state index contributed by atoms with van der Waals surface area (Å²) in [6.45, 7) is 0. The number of hydrogen-bond acceptors (Lipinski definition) is 5. The van der Waals surface area contributed by atoms with Crippen molar-refractivity contribution in [2.45, 2.75) is 7.43 Å². The van der Waals surface area contributed by atoms with Gasteiger partial charge in [0.1, 0.15) is 10.4 Å². The third-order valence-electron chi connectivity index (χ3n) is 3.27. The first-order chi connectivity index (χ1) is 10.8. The van der Waals surface area contributed by atoms with Gasteiger partial charge >= 0.3 is 0 Å². The fourth-order valence-electron chi connectivity index (χ4n) is 2.26. The third-order valence-corrected chi connectivity index (χ3v) is 4.24. The van der Waals surface area contributed by atoms with Crippen molar-refractivity contribution in [2.75, 3.05) is 0 Å². The molecule has 0 amide bonds. The number of thiophene rings is 1. The molecule has 4 aromatic heterocycles. The van der Waals surface area contributed by atoms with Crippen LogP contribution in [-0.2, 0) is 0 Å². The summed E-state index contributed by atoms with van der Waals surface area (Å²) in [5.74, 6) is 0.466. The Morgan fingerprint density at radius 3 is 2.30 bits per heavy atom. The van der Waals surface area contributed by atoms with Crippen molar-refractivity contribution in [3.63, 3.8) is 0 Å². The molecule has 0 unspecified atom stereocenters. The summed E-state index contributed by atoms with van der Waals surface area (Å²) in [7, 11) is 0. The van der Waals surface area contributed by atoms with Gasteiger partial charge in [0, 0.05) is 23.3 Å². The Bertz CT molecular complexity index is 993. The molecule has 4 rings (SSSR count). The van der Waals surface area contributed by atoms with E-state index in [2.05, 4.69) is 19.9 Å². The van der Waals surface area contributed by atoms with Crippen LogP contribution in [0.15, 0.2) is 59.0 Å². The van der Waals surface area contributed by atoms with E-state index in [1.54, 1.807) is 12.4 Å². The average molecular weight is 322 g/mol. The van der Waals surface area contributed by atoms with Crippen LogP contribution in [0.3, 0.4) is 0 Å². The number of aromatic nitrogens is 4. The van der Waals surface area contributed by atoms with Crippen molar-refractivity contribution in [2.24, 2.45) is 0 Å². The van der Waals surface area contributed by atoms with Gasteiger partial charge in [-0.25, -0.2) is 4.98 Å². The molecular weight excluding hydrogens is 308 g/mol. The molecule has 0 saturated heterocycles. The molecular formula is C17H14N4OS. The molecule has 0 bridgehead atoms. The molecule has 5 nitrogen and oxygen atoms in total. The second-order valence-corrected chi connectivity index (χ2v) is 5.55. The lowest BCUT2D eigenvalue weighted by Gasteiger charge is -2.01. The minimum absolute atomic E-state index is 0. The van der Waals surface area contributed by atoms with Crippen LogP contribution in [0.25, 0.3) is 33.0 Å². The summed E-state index contributed by atoms with van der Waals surface area (Å²) in [6, 6.07) is 11.2. The predicted octanol–water partition coefficient (Wildman–Crippen LogP) is 3.74. The summed E-state index contributed by atoms with van der Waals surface area (Å²) in [4.78, 5) is 28.3. The molecule has 0 radical (unpaired) electrons. The predicted molar refractivity (Wildman–Crippen MR) is 93.4 cm³/mol.